The number of rotatable bonds is 5. The number of benzene rings is 2. The van der Waals surface area contributed by atoms with Crippen molar-refractivity contribution in [2.45, 2.75) is 6.54 Å². The van der Waals surface area contributed by atoms with Crippen LogP contribution in [0.4, 0.5) is 9.52 Å². The van der Waals surface area contributed by atoms with Crippen LogP contribution >= 0.6 is 11.3 Å². The number of amides is 1. The summed E-state index contributed by atoms with van der Waals surface area (Å²) in [5.74, 6) is 0.299. The van der Waals surface area contributed by atoms with Crippen molar-refractivity contribution in [3.8, 4) is 11.4 Å². The standard InChI is InChI=1S/C20H16FN5O2S/c21-14-7-4-8-15-17(14)24-20(29-15)26-10-13(11-26)19(27)22-9-16-23-18(25-28-16)12-5-2-1-3-6-12/h1-8,13H,9-11H2,(H,22,27). The fraction of sp³-hybridized carbons (Fsp3) is 0.200. The van der Waals surface area contributed by atoms with Crippen molar-refractivity contribution >= 4 is 32.6 Å². The van der Waals surface area contributed by atoms with Crippen molar-refractivity contribution in [3.63, 3.8) is 0 Å². The zero-order chi connectivity index (χ0) is 19.8. The van der Waals surface area contributed by atoms with E-state index in [9.17, 15) is 9.18 Å². The van der Waals surface area contributed by atoms with Crippen molar-refractivity contribution < 1.29 is 13.7 Å². The summed E-state index contributed by atoms with van der Waals surface area (Å²) < 4.78 is 19.8. The summed E-state index contributed by atoms with van der Waals surface area (Å²) in [6.45, 7) is 1.28. The smallest absolute Gasteiger partial charge is 0.246 e. The largest absolute Gasteiger partial charge is 0.347 e. The molecule has 3 heterocycles. The topological polar surface area (TPSA) is 84.2 Å². The Morgan fingerprint density at radius 2 is 2.00 bits per heavy atom. The van der Waals surface area contributed by atoms with E-state index in [1.807, 2.05) is 41.3 Å². The lowest BCUT2D eigenvalue weighted by Crippen LogP contribution is -2.53. The molecule has 0 radical (unpaired) electrons. The number of thiazole rings is 1. The van der Waals surface area contributed by atoms with Gasteiger partial charge < -0.3 is 14.7 Å². The maximum absolute atomic E-state index is 13.8. The zero-order valence-electron chi connectivity index (χ0n) is 15.2. The summed E-state index contributed by atoms with van der Waals surface area (Å²) in [5.41, 5.74) is 1.24. The summed E-state index contributed by atoms with van der Waals surface area (Å²) in [4.78, 5) is 23.0. The fourth-order valence-electron chi connectivity index (χ4n) is 3.18. The molecule has 1 saturated heterocycles. The van der Waals surface area contributed by atoms with Gasteiger partial charge >= 0.3 is 0 Å². The van der Waals surface area contributed by atoms with Crippen molar-refractivity contribution in [2.75, 3.05) is 18.0 Å². The molecule has 0 saturated carbocycles. The third kappa shape index (κ3) is 3.44. The minimum Gasteiger partial charge on any atom is -0.347 e. The van der Waals surface area contributed by atoms with Gasteiger partial charge in [0.05, 0.1) is 17.2 Å². The summed E-state index contributed by atoms with van der Waals surface area (Å²) in [6.07, 6.45) is 0. The van der Waals surface area contributed by atoms with Gasteiger partial charge in [0.15, 0.2) is 5.13 Å². The molecule has 0 atom stereocenters. The first-order chi connectivity index (χ1) is 14.2. The van der Waals surface area contributed by atoms with Crippen LogP contribution in [0.1, 0.15) is 5.89 Å². The van der Waals surface area contributed by atoms with Gasteiger partial charge in [-0.2, -0.15) is 4.98 Å². The molecule has 146 valence electrons. The van der Waals surface area contributed by atoms with Crippen LogP contribution in [-0.4, -0.2) is 34.1 Å². The second-order valence-corrected chi connectivity index (χ2v) is 7.79. The monoisotopic (exact) mass is 409 g/mol. The highest BCUT2D eigenvalue weighted by atomic mass is 32.1. The molecule has 7 nitrogen and oxygen atoms in total. The van der Waals surface area contributed by atoms with Crippen molar-refractivity contribution in [1.82, 2.24) is 20.4 Å². The summed E-state index contributed by atoms with van der Waals surface area (Å²) in [6, 6.07) is 14.4. The maximum Gasteiger partial charge on any atom is 0.246 e. The first kappa shape index (κ1) is 17.7. The van der Waals surface area contributed by atoms with Crippen LogP contribution in [-0.2, 0) is 11.3 Å². The number of nitrogens with zero attached hydrogens (tertiary/aromatic N) is 4. The van der Waals surface area contributed by atoms with Gasteiger partial charge in [0.1, 0.15) is 11.3 Å². The molecule has 2 aromatic heterocycles. The van der Waals surface area contributed by atoms with Crippen LogP contribution in [0.3, 0.4) is 0 Å². The third-order valence-corrected chi connectivity index (χ3v) is 5.88. The first-order valence-electron chi connectivity index (χ1n) is 9.13. The second-order valence-electron chi connectivity index (χ2n) is 6.78. The van der Waals surface area contributed by atoms with E-state index < -0.39 is 0 Å². The van der Waals surface area contributed by atoms with Crippen molar-refractivity contribution in [2.24, 2.45) is 5.92 Å². The van der Waals surface area contributed by atoms with Crippen molar-refractivity contribution in [3.05, 3.63) is 60.2 Å². The number of carbonyl (C=O) groups is 1. The molecule has 1 amide bonds. The highest BCUT2D eigenvalue weighted by Crippen LogP contribution is 2.33. The number of halogens is 1. The second kappa shape index (κ2) is 7.25. The number of carbonyl (C=O) groups excluding carboxylic acids is 1. The summed E-state index contributed by atoms with van der Waals surface area (Å²) in [7, 11) is 0. The Balaban J connectivity index is 1.16. The predicted octanol–water partition coefficient (Wildman–Crippen LogP) is 3.24. The van der Waals surface area contributed by atoms with Gasteiger partial charge in [-0.15, -0.1) is 0 Å². The van der Waals surface area contributed by atoms with Gasteiger partial charge in [0.25, 0.3) is 0 Å². The van der Waals surface area contributed by atoms with Crippen LogP contribution in [0.25, 0.3) is 21.6 Å². The lowest BCUT2D eigenvalue weighted by Gasteiger charge is -2.37. The van der Waals surface area contributed by atoms with Gasteiger partial charge in [0, 0.05) is 18.7 Å². The Labute approximate surface area is 169 Å². The van der Waals surface area contributed by atoms with Crippen LogP contribution in [0.15, 0.2) is 53.1 Å². The van der Waals surface area contributed by atoms with Gasteiger partial charge in [0.2, 0.25) is 17.6 Å². The molecular formula is C20H16FN5O2S. The Morgan fingerprint density at radius 1 is 1.17 bits per heavy atom. The number of nitrogens with one attached hydrogen (secondary N) is 1. The molecule has 1 N–H and O–H groups in total. The van der Waals surface area contributed by atoms with Crippen LogP contribution in [0, 0.1) is 11.7 Å². The normalized spacial score (nSPS) is 14.2. The minimum absolute atomic E-state index is 0.0759. The summed E-state index contributed by atoms with van der Waals surface area (Å²) in [5, 5.41) is 7.51. The lowest BCUT2D eigenvalue weighted by molar-refractivity contribution is -0.126. The number of fused-ring (bicyclic) bond motifs is 1. The van der Waals surface area contributed by atoms with E-state index in [0.717, 1.165) is 15.4 Å². The maximum atomic E-state index is 13.8. The van der Waals surface area contributed by atoms with E-state index in [2.05, 4.69) is 20.4 Å². The highest BCUT2D eigenvalue weighted by molar-refractivity contribution is 7.22. The van der Waals surface area contributed by atoms with E-state index in [1.165, 1.54) is 17.4 Å². The van der Waals surface area contributed by atoms with E-state index in [1.54, 1.807) is 6.07 Å². The van der Waals surface area contributed by atoms with E-state index >= 15 is 0 Å². The Hall–Kier alpha value is -3.33. The molecule has 0 aliphatic carbocycles. The Kier molecular flexibility index (Phi) is 4.44. The average Bonchev–Trinajstić information content (AvgIpc) is 3.34. The Morgan fingerprint density at radius 3 is 2.79 bits per heavy atom. The number of hydrogen-bond acceptors (Lipinski definition) is 7. The first-order valence-corrected chi connectivity index (χ1v) is 9.95. The van der Waals surface area contributed by atoms with Crippen molar-refractivity contribution in [1.29, 1.82) is 0 Å². The van der Waals surface area contributed by atoms with Gasteiger partial charge in [-0.25, -0.2) is 9.37 Å². The van der Waals surface area contributed by atoms with Crippen LogP contribution in [0.2, 0.25) is 0 Å². The zero-order valence-corrected chi connectivity index (χ0v) is 16.0. The molecule has 0 spiro atoms. The molecule has 1 aliphatic rings. The van der Waals surface area contributed by atoms with Gasteiger partial charge in [-0.3, -0.25) is 4.79 Å². The number of para-hydroxylation sites is 1. The third-order valence-electron chi connectivity index (χ3n) is 4.80. The minimum atomic E-state index is -0.325. The SMILES string of the molecule is O=C(NCc1nc(-c2ccccc2)no1)C1CN(c2nc3c(F)cccc3s2)C1. The number of hydrogen-bond donors (Lipinski definition) is 1. The fourth-order valence-corrected chi connectivity index (χ4v) is 4.18. The molecule has 1 fully saturated rings. The number of anilines is 1. The van der Waals surface area contributed by atoms with Crippen LogP contribution in [0.5, 0.6) is 0 Å². The lowest BCUT2D eigenvalue weighted by atomic mass is 10.0. The van der Waals surface area contributed by atoms with Crippen LogP contribution < -0.4 is 10.2 Å². The van der Waals surface area contributed by atoms with E-state index in [-0.39, 0.29) is 24.2 Å². The molecule has 4 aromatic rings. The average molecular weight is 409 g/mol. The Bertz CT molecular complexity index is 1170. The van der Waals surface area contributed by atoms with Gasteiger partial charge in [-0.05, 0) is 12.1 Å². The van der Waals surface area contributed by atoms with Gasteiger partial charge in [-0.1, -0.05) is 52.9 Å². The molecule has 1 aliphatic heterocycles. The number of aromatic nitrogens is 3. The molecule has 2 aromatic carbocycles. The molecular weight excluding hydrogens is 393 g/mol. The molecule has 29 heavy (non-hydrogen) atoms. The molecule has 5 rings (SSSR count). The van der Waals surface area contributed by atoms with E-state index in [4.69, 9.17) is 4.52 Å². The molecule has 0 unspecified atom stereocenters. The molecule has 0 bridgehead atoms. The van der Waals surface area contributed by atoms with E-state index in [0.29, 0.717) is 30.3 Å². The summed E-state index contributed by atoms with van der Waals surface area (Å²) >= 11 is 1.43. The quantitative estimate of drug-likeness (QED) is 0.545. The molecule has 9 heteroatoms. The highest BCUT2D eigenvalue weighted by Gasteiger charge is 2.34. The predicted molar refractivity (Wildman–Crippen MR) is 107 cm³/mol.